The van der Waals surface area contributed by atoms with Crippen molar-refractivity contribution in [2.45, 2.75) is 0 Å². The second-order valence-electron chi connectivity index (χ2n) is 1.54. The molecule has 1 amide bonds. The first kappa shape index (κ1) is 9.10. The number of amides is 1. The molecule has 0 aliphatic rings. The van der Waals surface area contributed by atoms with Gasteiger partial charge in [-0.2, -0.15) is 0 Å². The SMILES string of the molecule is C=CCOCNC(=O)CF. The Hall–Kier alpha value is -0.900. The van der Waals surface area contributed by atoms with Gasteiger partial charge in [0.15, 0.2) is 6.67 Å². The van der Waals surface area contributed by atoms with Crippen LogP contribution in [0.2, 0.25) is 0 Å². The number of carbonyl (C=O) groups is 1. The van der Waals surface area contributed by atoms with E-state index in [1.807, 2.05) is 0 Å². The van der Waals surface area contributed by atoms with E-state index in [1.165, 1.54) is 0 Å². The first-order chi connectivity index (χ1) is 4.81. The van der Waals surface area contributed by atoms with E-state index < -0.39 is 12.6 Å². The fourth-order valence-electron chi connectivity index (χ4n) is 0.321. The van der Waals surface area contributed by atoms with Crippen molar-refractivity contribution in [1.82, 2.24) is 5.32 Å². The van der Waals surface area contributed by atoms with Crippen LogP contribution in [0.4, 0.5) is 4.39 Å². The Kier molecular flexibility index (Phi) is 5.66. The minimum atomic E-state index is -1.00. The number of halogens is 1. The Morgan fingerprint density at radius 2 is 2.50 bits per heavy atom. The van der Waals surface area contributed by atoms with E-state index in [0.29, 0.717) is 6.61 Å². The molecule has 0 aliphatic heterocycles. The third-order valence-electron chi connectivity index (χ3n) is 0.728. The van der Waals surface area contributed by atoms with Crippen molar-refractivity contribution in [3.63, 3.8) is 0 Å². The predicted molar refractivity (Wildman–Crippen MR) is 35.1 cm³/mol. The second-order valence-corrected chi connectivity index (χ2v) is 1.54. The molecule has 0 unspecified atom stereocenters. The fourth-order valence-corrected chi connectivity index (χ4v) is 0.321. The number of hydrogen-bond donors (Lipinski definition) is 1. The van der Waals surface area contributed by atoms with E-state index in [0.717, 1.165) is 0 Å². The summed E-state index contributed by atoms with van der Waals surface area (Å²) in [7, 11) is 0. The van der Waals surface area contributed by atoms with Crippen molar-refractivity contribution in [2.24, 2.45) is 0 Å². The highest BCUT2D eigenvalue weighted by atomic mass is 19.1. The average molecular weight is 147 g/mol. The molecule has 4 heteroatoms. The van der Waals surface area contributed by atoms with Gasteiger partial charge < -0.3 is 10.1 Å². The lowest BCUT2D eigenvalue weighted by Gasteiger charge is -2.00. The highest BCUT2D eigenvalue weighted by molar-refractivity contribution is 5.76. The van der Waals surface area contributed by atoms with Gasteiger partial charge in [0.25, 0.3) is 5.91 Å². The Labute approximate surface area is 58.9 Å². The summed E-state index contributed by atoms with van der Waals surface area (Å²) >= 11 is 0. The zero-order chi connectivity index (χ0) is 7.82. The lowest BCUT2D eigenvalue weighted by Crippen LogP contribution is -2.27. The third kappa shape index (κ3) is 5.24. The van der Waals surface area contributed by atoms with Crippen LogP contribution in [-0.4, -0.2) is 25.9 Å². The fraction of sp³-hybridized carbons (Fsp3) is 0.500. The van der Waals surface area contributed by atoms with Gasteiger partial charge in [0.2, 0.25) is 0 Å². The van der Waals surface area contributed by atoms with Gasteiger partial charge in [-0.25, -0.2) is 4.39 Å². The van der Waals surface area contributed by atoms with Crippen molar-refractivity contribution in [3.05, 3.63) is 12.7 Å². The molecule has 0 aromatic rings. The van der Waals surface area contributed by atoms with E-state index >= 15 is 0 Å². The van der Waals surface area contributed by atoms with Gasteiger partial charge in [0.05, 0.1) is 6.61 Å². The largest absolute Gasteiger partial charge is 0.357 e. The van der Waals surface area contributed by atoms with Gasteiger partial charge in [0.1, 0.15) is 6.73 Å². The molecule has 0 heterocycles. The summed E-state index contributed by atoms with van der Waals surface area (Å²) in [5.41, 5.74) is 0. The molecule has 0 atom stereocenters. The minimum absolute atomic E-state index is 0.0365. The van der Waals surface area contributed by atoms with Crippen molar-refractivity contribution in [2.75, 3.05) is 20.0 Å². The number of rotatable bonds is 5. The maximum absolute atomic E-state index is 11.4. The summed E-state index contributed by atoms with van der Waals surface area (Å²) in [4.78, 5) is 10.2. The summed E-state index contributed by atoms with van der Waals surface area (Å²) in [6, 6.07) is 0. The van der Waals surface area contributed by atoms with Crippen LogP contribution in [-0.2, 0) is 9.53 Å². The summed E-state index contributed by atoms with van der Waals surface area (Å²) in [5.74, 6) is -0.663. The lowest BCUT2D eigenvalue weighted by atomic mass is 10.7. The normalized spacial score (nSPS) is 8.90. The summed E-state index contributed by atoms with van der Waals surface area (Å²) in [6.07, 6.45) is 1.54. The molecule has 0 aliphatic carbocycles. The van der Waals surface area contributed by atoms with Gasteiger partial charge in [-0.1, -0.05) is 6.08 Å². The standard InChI is InChI=1S/C6H10FNO2/c1-2-3-10-5-8-6(9)4-7/h2H,1,3-5H2,(H,8,9). The van der Waals surface area contributed by atoms with E-state index in [9.17, 15) is 9.18 Å². The predicted octanol–water partition coefficient (Wildman–Crippen LogP) is 0.232. The van der Waals surface area contributed by atoms with E-state index in [-0.39, 0.29) is 6.73 Å². The van der Waals surface area contributed by atoms with Crippen LogP contribution < -0.4 is 5.32 Å². The molecule has 3 nitrogen and oxygen atoms in total. The second kappa shape index (κ2) is 6.22. The lowest BCUT2D eigenvalue weighted by molar-refractivity contribution is -0.123. The van der Waals surface area contributed by atoms with Crippen molar-refractivity contribution in [3.8, 4) is 0 Å². The molecule has 0 saturated carbocycles. The quantitative estimate of drug-likeness (QED) is 0.343. The van der Waals surface area contributed by atoms with Gasteiger partial charge in [0, 0.05) is 0 Å². The van der Waals surface area contributed by atoms with Crippen LogP contribution in [0.5, 0.6) is 0 Å². The van der Waals surface area contributed by atoms with Crippen molar-refractivity contribution < 1.29 is 13.9 Å². The van der Waals surface area contributed by atoms with Crippen molar-refractivity contribution >= 4 is 5.91 Å². The molecule has 0 aromatic carbocycles. The van der Waals surface area contributed by atoms with Gasteiger partial charge >= 0.3 is 0 Å². The maximum Gasteiger partial charge on any atom is 0.253 e. The highest BCUT2D eigenvalue weighted by Gasteiger charge is 1.95. The molecule has 58 valence electrons. The molecular formula is C6H10FNO2. The molecular weight excluding hydrogens is 137 g/mol. The number of ether oxygens (including phenoxy) is 1. The minimum Gasteiger partial charge on any atom is -0.357 e. The van der Waals surface area contributed by atoms with Crippen LogP contribution in [0, 0.1) is 0 Å². The molecule has 0 radical (unpaired) electrons. The van der Waals surface area contributed by atoms with E-state index in [1.54, 1.807) is 6.08 Å². The van der Waals surface area contributed by atoms with E-state index in [4.69, 9.17) is 4.74 Å². The maximum atomic E-state index is 11.4. The molecule has 0 fully saturated rings. The zero-order valence-electron chi connectivity index (χ0n) is 5.60. The smallest absolute Gasteiger partial charge is 0.253 e. The summed E-state index contributed by atoms with van der Waals surface area (Å²) < 4.78 is 16.1. The molecule has 10 heavy (non-hydrogen) atoms. The first-order valence-electron chi connectivity index (χ1n) is 2.82. The number of alkyl halides is 1. The Morgan fingerprint density at radius 1 is 1.80 bits per heavy atom. The molecule has 0 rings (SSSR count). The van der Waals surface area contributed by atoms with Crippen molar-refractivity contribution in [1.29, 1.82) is 0 Å². The van der Waals surface area contributed by atoms with Crippen LogP contribution in [0.1, 0.15) is 0 Å². The number of nitrogens with one attached hydrogen (secondary N) is 1. The van der Waals surface area contributed by atoms with Crippen LogP contribution in [0.25, 0.3) is 0 Å². The topological polar surface area (TPSA) is 38.3 Å². The Bertz CT molecular complexity index is 116. The summed E-state index contributed by atoms with van der Waals surface area (Å²) in [5, 5.41) is 2.18. The Balaban J connectivity index is 3.03. The average Bonchev–Trinajstić information content (AvgIpc) is 1.98. The molecule has 0 aromatic heterocycles. The highest BCUT2D eigenvalue weighted by Crippen LogP contribution is 1.72. The first-order valence-corrected chi connectivity index (χ1v) is 2.82. The number of hydrogen-bond acceptors (Lipinski definition) is 2. The van der Waals surface area contributed by atoms with Gasteiger partial charge in [-0.05, 0) is 0 Å². The number of carbonyl (C=O) groups excluding carboxylic acids is 1. The molecule has 0 spiro atoms. The third-order valence-corrected chi connectivity index (χ3v) is 0.728. The van der Waals surface area contributed by atoms with Gasteiger partial charge in [-0.3, -0.25) is 4.79 Å². The molecule has 1 N–H and O–H groups in total. The zero-order valence-corrected chi connectivity index (χ0v) is 5.60. The summed E-state index contributed by atoms with van der Waals surface area (Å²) in [6.45, 7) is 2.77. The van der Waals surface area contributed by atoms with Crippen LogP contribution in [0.3, 0.4) is 0 Å². The Morgan fingerprint density at radius 3 is 3.00 bits per heavy atom. The van der Waals surface area contributed by atoms with Crippen LogP contribution in [0.15, 0.2) is 12.7 Å². The van der Waals surface area contributed by atoms with E-state index in [2.05, 4.69) is 11.9 Å². The molecule has 0 bridgehead atoms. The van der Waals surface area contributed by atoms with Crippen LogP contribution >= 0.6 is 0 Å². The molecule has 0 saturated heterocycles. The van der Waals surface area contributed by atoms with Gasteiger partial charge in [-0.15, -0.1) is 6.58 Å². The monoisotopic (exact) mass is 147 g/mol.